The Bertz CT molecular complexity index is 1540. The highest BCUT2D eigenvalue weighted by Crippen LogP contribution is 2.19. The molecule has 3 aromatic carbocycles. The fraction of sp³-hybridized carbons (Fsp3) is 0.214. The van der Waals surface area contributed by atoms with Crippen molar-refractivity contribution in [2.75, 3.05) is 0 Å². The Morgan fingerprint density at radius 3 is 2.42 bits per heavy atom. The van der Waals surface area contributed by atoms with Crippen LogP contribution in [0.25, 0.3) is 10.9 Å². The van der Waals surface area contributed by atoms with Crippen LogP contribution in [-0.4, -0.2) is 30.1 Å². The van der Waals surface area contributed by atoms with E-state index in [-0.39, 0.29) is 11.4 Å². The smallest absolute Gasteiger partial charge is 0.252 e. The molecular formula is C28H27FN6O. The molecular weight excluding hydrogens is 455 g/mol. The summed E-state index contributed by atoms with van der Waals surface area (Å²) in [6, 6.07) is 22.4. The van der Waals surface area contributed by atoms with Crippen molar-refractivity contribution in [3.8, 4) is 0 Å². The standard InChI is InChI=1S/C28H27FN6O/c1-19-12-23-14-24(28(36)30-26(23)13-20(19)2)17-34(15-22-8-10-25(29)11-9-22)18-27-31-32-33-35(27)16-21-6-4-3-5-7-21/h3-14H,15-18H2,1-2H3,(H,30,36). The molecule has 0 aliphatic carbocycles. The third kappa shape index (κ3) is 5.39. The molecule has 0 atom stereocenters. The minimum absolute atomic E-state index is 0.126. The summed E-state index contributed by atoms with van der Waals surface area (Å²) in [5.74, 6) is 0.401. The van der Waals surface area contributed by atoms with Gasteiger partial charge >= 0.3 is 0 Å². The molecule has 182 valence electrons. The zero-order chi connectivity index (χ0) is 25.1. The Hall–Kier alpha value is -4.17. The number of tetrazole rings is 1. The number of nitrogens with zero attached hydrogens (tertiary/aromatic N) is 5. The molecule has 0 saturated heterocycles. The van der Waals surface area contributed by atoms with Gasteiger partial charge in [-0.25, -0.2) is 9.07 Å². The molecule has 5 aromatic rings. The Labute approximate surface area is 208 Å². The summed E-state index contributed by atoms with van der Waals surface area (Å²) in [7, 11) is 0. The quantitative estimate of drug-likeness (QED) is 0.352. The van der Waals surface area contributed by atoms with E-state index in [1.165, 1.54) is 17.7 Å². The SMILES string of the molecule is Cc1cc2cc(CN(Cc3ccc(F)cc3)Cc3nnnn3Cc3ccccc3)c(=O)[nH]c2cc1C. The van der Waals surface area contributed by atoms with Crippen molar-refractivity contribution in [3.05, 3.63) is 123 Å². The molecule has 0 saturated carbocycles. The molecule has 0 unspecified atom stereocenters. The van der Waals surface area contributed by atoms with E-state index in [9.17, 15) is 9.18 Å². The number of hydrogen-bond acceptors (Lipinski definition) is 5. The maximum Gasteiger partial charge on any atom is 0.252 e. The van der Waals surface area contributed by atoms with Crippen molar-refractivity contribution in [1.82, 2.24) is 30.1 Å². The maximum atomic E-state index is 13.5. The van der Waals surface area contributed by atoms with Crippen LogP contribution in [0.4, 0.5) is 4.39 Å². The van der Waals surface area contributed by atoms with E-state index in [0.29, 0.717) is 37.6 Å². The first-order valence-electron chi connectivity index (χ1n) is 11.8. The molecule has 2 heterocycles. The van der Waals surface area contributed by atoms with Crippen molar-refractivity contribution < 1.29 is 4.39 Å². The molecule has 1 N–H and O–H groups in total. The van der Waals surface area contributed by atoms with Crippen LogP contribution in [0, 0.1) is 19.7 Å². The van der Waals surface area contributed by atoms with Gasteiger partial charge < -0.3 is 4.98 Å². The van der Waals surface area contributed by atoms with Crippen LogP contribution in [-0.2, 0) is 26.2 Å². The number of nitrogens with one attached hydrogen (secondary N) is 1. The van der Waals surface area contributed by atoms with Gasteiger partial charge in [-0.1, -0.05) is 42.5 Å². The average molecular weight is 483 g/mol. The van der Waals surface area contributed by atoms with Gasteiger partial charge in [0.1, 0.15) is 5.82 Å². The number of aromatic nitrogens is 5. The number of fused-ring (bicyclic) bond motifs is 1. The number of benzene rings is 3. The summed E-state index contributed by atoms with van der Waals surface area (Å²) in [6.07, 6.45) is 0. The maximum absolute atomic E-state index is 13.5. The fourth-order valence-corrected chi connectivity index (χ4v) is 4.31. The van der Waals surface area contributed by atoms with Crippen molar-refractivity contribution in [2.45, 2.75) is 40.0 Å². The Balaban J connectivity index is 1.45. The van der Waals surface area contributed by atoms with Crippen LogP contribution in [0.15, 0.2) is 77.6 Å². The number of H-pyrrole nitrogens is 1. The van der Waals surface area contributed by atoms with E-state index in [4.69, 9.17) is 0 Å². The summed E-state index contributed by atoms with van der Waals surface area (Å²) < 4.78 is 15.3. The highest BCUT2D eigenvalue weighted by molar-refractivity contribution is 5.80. The van der Waals surface area contributed by atoms with E-state index < -0.39 is 0 Å². The zero-order valence-electron chi connectivity index (χ0n) is 20.3. The van der Waals surface area contributed by atoms with Gasteiger partial charge in [0.05, 0.1) is 13.1 Å². The summed E-state index contributed by atoms with van der Waals surface area (Å²) in [4.78, 5) is 18.1. The van der Waals surface area contributed by atoms with Gasteiger partial charge in [-0.3, -0.25) is 9.69 Å². The first kappa shape index (κ1) is 23.6. The van der Waals surface area contributed by atoms with Crippen molar-refractivity contribution in [2.24, 2.45) is 0 Å². The highest BCUT2D eigenvalue weighted by atomic mass is 19.1. The Morgan fingerprint density at radius 2 is 1.64 bits per heavy atom. The number of hydrogen-bond donors (Lipinski definition) is 1. The van der Waals surface area contributed by atoms with E-state index in [0.717, 1.165) is 27.6 Å². The normalized spacial score (nSPS) is 11.4. The molecule has 36 heavy (non-hydrogen) atoms. The molecule has 7 nitrogen and oxygen atoms in total. The summed E-state index contributed by atoms with van der Waals surface area (Å²) in [5.41, 5.74) is 5.67. The number of aryl methyl sites for hydroxylation is 2. The zero-order valence-corrected chi connectivity index (χ0v) is 20.3. The van der Waals surface area contributed by atoms with Gasteiger partial charge in [-0.15, -0.1) is 5.10 Å². The lowest BCUT2D eigenvalue weighted by Crippen LogP contribution is -2.28. The van der Waals surface area contributed by atoms with Gasteiger partial charge in [0, 0.05) is 24.2 Å². The van der Waals surface area contributed by atoms with Crippen molar-refractivity contribution >= 4 is 10.9 Å². The van der Waals surface area contributed by atoms with Crippen LogP contribution in [0.3, 0.4) is 0 Å². The van der Waals surface area contributed by atoms with Crippen LogP contribution in [0.5, 0.6) is 0 Å². The van der Waals surface area contributed by atoms with Crippen LogP contribution in [0.1, 0.15) is 33.6 Å². The molecule has 8 heteroatoms. The van der Waals surface area contributed by atoms with Crippen molar-refractivity contribution in [3.63, 3.8) is 0 Å². The van der Waals surface area contributed by atoms with E-state index >= 15 is 0 Å². The summed E-state index contributed by atoms with van der Waals surface area (Å²) in [6.45, 7) is 5.94. The molecule has 0 aliphatic heterocycles. The molecule has 0 fully saturated rings. The number of aromatic amines is 1. The fourth-order valence-electron chi connectivity index (χ4n) is 4.31. The molecule has 5 rings (SSSR count). The second-order valence-corrected chi connectivity index (χ2v) is 9.16. The largest absolute Gasteiger partial charge is 0.322 e. The lowest BCUT2D eigenvalue weighted by Gasteiger charge is -2.22. The number of halogens is 1. The second-order valence-electron chi connectivity index (χ2n) is 9.16. The molecule has 0 aliphatic rings. The highest BCUT2D eigenvalue weighted by Gasteiger charge is 2.16. The first-order chi connectivity index (χ1) is 17.4. The predicted molar refractivity (Wildman–Crippen MR) is 137 cm³/mol. The lowest BCUT2D eigenvalue weighted by atomic mass is 10.0. The topological polar surface area (TPSA) is 79.7 Å². The molecule has 0 radical (unpaired) electrons. The van der Waals surface area contributed by atoms with E-state index in [1.807, 2.05) is 49.4 Å². The summed E-state index contributed by atoms with van der Waals surface area (Å²) >= 11 is 0. The molecule has 0 amide bonds. The Kier molecular flexibility index (Phi) is 6.69. The number of rotatable bonds is 8. The van der Waals surface area contributed by atoms with Crippen LogP contribution >= 0.6 is 0 Å². The Morgan fingerprint density at radius 1 is 0.889 bits per heavy atom. The van der Waals surface area contributed by atoms with Gasteiger partial charge in [0.15, 0.2) is 5.82 Å². The van der Waals surface area contributed by atoms with Crippen molar-refractivity contribution in [1.29, 1.82) is 0 Å². The van der Waals surface area contributed by atoms with Crippen LogP contribution < -0.4 is 5.56 Å². The number of pyridine rings is 1. The van der Waals surface area contributed by atoms with E-state index in [2.05, 4.69) is 38.4 Å². The monoisotopic (exact) mass is 482 g/mol. The van der Waals surface area contributed by atoms with Gasteiger partial charge in [-0.05, 0) is 82.2 Å². The van der Waals surface area contributed by atoms with Gasteiger partial charge in [-0.2, -0.15) is 0 Å². The molecule has 0 spiro atoms. The average Bonchev–Trinajstić information content (AvgIpc) is 3.29. The first-order valence-corrected chi connectivity index (χ1v) is 11.8. The minimum atomic E-state index is -0.284. The van der Waals surface area contributed by atoms with Gasteiger partial charge in [0.25, 0.3) is 5.56 Å². The minimum Gasteiger partial charge on any atom is -0.322 e. The summed E-state index contributed by atoms with van der Waals surface area (Å²) in [5, 5.41) is 13.3. The van der Waals surface area contributed by atoms with Crippen LogP contribution in [0.2, 0.25) is 0 Å². The second kappa shape index (κ2) is 10.2. The lowest BCUT2D eigenvalue weighted by molar-refractivity contribution is 0.236. The van der Waals surface area contributed by atoms with E-state index in [1.54, 1.807) is 16.8 Å². The molecule has 0 bridgehead atoms. The molecule has 2 aromatic heterocycles. The predicted octanol–water partition coefficient (Wildman–Crippen LogP) is 4.52. The third-order valence-electron chi connectivity index (χ3n) is 6.40. The third-order valence-corrected chi connectivity index (χ3v) is 6.40. The van der Waals surface area contributed by atoms with Gasteiger partial charge in [0.2, 0.25) is 0 Å².